The molecule has 0 aromatic carbocycles. The number of hydrogen-bond donors (Lipinski definition) is 1. The van der Waals surface area contributed by atoms with Crippen LogP contribution in [-0.4, -0.2) is 55.1 Å². The van der Waals surface area contributed by atoms with Gasteiger partial charge < -0.3 is 15.5 Å². The molecule has 1 unspecified atom stereocenters. The molecule has 0 aliphatic carbocycles. The molecule has 0 saturated carbocycles. The summed E-state index contributed by atoms with van der Waals surface area (Å²) in [5.74, 6) is 0.947. The van der Waals surface area contributed by atoms with Crippen LogP contribution < -0.4 is 5.73 Å². The average Bonchev–Trinajstić information content (AvgIpc) is 2.73. The van der Waals surface area contributed by atoms with Gasteiger partial charge in [0.2, 0.25) is 0 Å². The molecule has 2 rings (SSSR count). The van der Waals surface area contributed by atoms with Crippen LogP contribution >= 0.6 is 24.8 Å². The van der Waals surface area contributed by atoms with Gasteiger partial charge in [-0.1, -0.05) is 0 Å². The predicted octanol–water partition coefficient (Wildman–Crippen LogP) is 1.99. The summed E-state index contributed by atoms with van der Waals surface area (Å²) in [6, 6.07) is 0.329. The molecule has 2 heterocycles. The number of hydrogen-bond acceptors (Lipinski definition) is 3. The van der Waals surface area contributed by atoms with Gasteiger partial charge in [0, 0.05) is 19.1 Å². The third kappa shape index (κ3) is 6.07. The summed E-state index contributed by atoms with van der Waals surface area (Å²) < 4.78 is 0. The zero-order valence-corrected chi connectivity index (χ0v) is 13.1. The Morgan fingerprint density at radius 2 is 1.56 bits per heavy atom. The Morgan fingerprint density at radius 1 is 1.00 bits per heavy atom. The van der Waals surface area contributed by atoms with Crippen LogP contribution in [0, 0.1) is 5.92 Å². The van der Waals surface area contributed by atoms with Gasteiger partial charge in [0.15, 0.2) is 0 Å². The smallest absolute Gasteiger partial charge is 0.0139 e. The second-order valence-corrected chi connectivity index (χ2v) is 5.73. The third-order valence-corrected chi connectivity index (χ3v) is 3.97. The number of piperidine rings is 1. The van der Waals surface area contributed by atoms with Gasteiger partial charge in [0.05, 0.1) is 0 Å². The zero-order chi connectivity index (χ0) is 11.4. The molecule has 0 amide bonds. The van der Waals surface area contributed by atoms with Gasteiger partial charge in [-0.3, -0.25) is 0 Å². The average molecular weight is 298 g/mol. The highest BCUT2D eigenvalue weighted by Crippen LogP contribution is 2.20. The molecule has 0 bridgehead atoms. The first-order chi connectivity index (χ1) is 7.74. The van der Waals surface area contributed by atoms with Gasteiger partial charge in [0.1, 0.15) is 0 Å². The summed E-state index contributed by atoms with van der Waals surface area (Å²) in [6.45, 7) is 9.76. The summed E-state index contributed by atoms with van der Waals surface area (Å²) in [7, 11) is 0. The number of nitrogens with zero attached hydrogens (tertiary/aromatic N) is 2. The number of likely N-dealkylation sites (tertiary alicyclic amines) is 2. The van der Waals surface area contributed by atoms with Crippen LogP contribution in [0.4, 0.5) is 0 Å². The van der Waals surface area contributed by atoms with Crippen LogP contribution in [0.1, 0.15) is 32.6 Å². The van der Waals surface area contributed by atoms with Crippen LogP contribution in [0.5, 0.6) is 0 Å². The molecule has 3 nitrogen and oxygen atoms in total. The molecule has 1 atom stereocenters. The fraction of sp³-hybridized carbons (Fsp3) is 1.00. The van der Waals surface area contributed by atoms with Crippen molar-refractivity contribution in [2.24, 2.45) is 11.7 Å². The molecule has 18 heavy (non-hydrogen) atoms. The van der Waals surface area contributed by atoms with Crippen molar-refractivity contribution in [1.29, 1.82) is 0 Å². The summed E-state index contributed by atoms with van der Waals surface area (Å²) >= 11 is 0. The Morgan fingerprint density at radius 3 is 2.06 bits per heavy atom. The van der Waals surface area contributed by atoms with E-state index in [4.69, 9.17) is 5.73 Å². The quantitative estimate of drug-likeness (QED) is 0.861. The fourth-order valence-electron chi connectivity index (χ4n) is 3.09. The van der Waals surface area contributed by atoms with Crippen molar-refractivity contribution in [2.45, 2.75) is 38.6 Å². The first-order valence-electron chi connectivity index (χ1n) is 6.94. The second-order valence-electron chi connectivity index (χ2n) is 5.73. The van der Waals surface area contributed by atoms with Crippen LogP contribution in [-0.2, 0) is 0 Å². The van der Waals surface area contributed by atoms with E-state index in [9.17, 15) is 0 Å². The molecule has 2 N–H and O–H groups in total. The Bertz CT molecular complexity index is 200. The van der Waals surface area contributed by atoms with Gasteiger partial charge in [-0.05, 0) is 64.7 Å². The SMILES string of the molecule is CC(N)CN1CCC(CN2CCCC2)CC1.Cl.Cl. The summed E-state index contributed by atoms with van der Waals surface area (Å²) in [6.07, 6.45) is 5.60. The molecule has 0 radical (unpaired) electrons. The van der Waals surface area contributed by atoms with Crippen molar-refractivity contribution in [3.05, 3.63) is 0 Å². The topological polar surface area (TPSA) is 32.5 Å². The molecule has 0 aromatic rings. The Balaban J connectivity index is 0.00000144. The molecule has 2 saturated heterocycles. The molecular weight excluding hydrogens is 269 g/mol. The molecule has 0 aromatic heterocycles. The first kappa shape index (κ1) is 18.5. The van der Waals surface area contributed by atoms with Crippen molar-refractivity contribution in [3.8, 4) is 0 Å². The minimum atomic E-state index is 0. The summed E-state index contributed by atoms with van der Waals surface area (Å²) in [5.41, 5.74) is 5.84. The minimum Gasteiger partial charge on any atom is -0.327 e. The lowest BCUT2D eigenvalue weighted by Gasteiger charge is -2.34. The van der Waals surface area contributed by atoms with E-state index in [0.717, 1.165) is 12.5 Å². The van der Waals surface area contributed by atoms with Crippen LogP contribution in [0.2, 0.25) is 0 Å². The highest BCUT2D eigenvalue weighted by molar-refractivity contribution is 5.85. The zero-order valence-electron chi connectivity index (χ0n) is 11.5. The molecule has 2 aliphatic rings. The maximum atomic E-state index is 5.84. The molecular formula is C13H29Cl2N3. The predicted molar refractivity (Wildman–Crippen MR) is 83.0 cm³/mol. The van der Waals surface area contributed by atoms with Crippen LogP contribution in [0.15, 0.2) is 0 Å². The van der Waals surface area contributed by atoms with Crippen molar-refractivity contribution in [2.75, 3.05) is 39.3 Å². The van der Waals surface area contributed by atoms with Gasteiger partial charge in [-0.2, -0.15) is 0 Å². The van der Waals surface area contributed by atoms with Crippen LogP contribution in [0.3, 0.4) is 0 Å². The summed E-state index contributed by atoms with van der Waals surface area (Å²) in [5, 5.41) is 0. The Labute approximate surface area is 124 Å². The van der Waals surface area contributed by atoms with Gasteiger partial charge in [-0.25, -0.2) is 0 Å². The molecule has 0 spiro atoms. The van der Waals surface area contributed by atoms with E-state index in [1.807, 2.05) is 0 Å². The van der Waals surface area contributed by atoms with Gasteiger partial charge in [0.25, 0.3) is 0 Å². The second kappa shape index (κ2) is 9.38. The molecule has 5 heteroatoms. The molecule has 2 aliphatic heterocycles. The number of rotatable bonds is 4. The lowest BCUT2D eigenvalue weighted by Crippen LogP contribution is -2.42. The standard InChI is InChI=1S/C13H27N3.2ClH/c1-12(14)10-16-8-4-13(5-9-16)11-15-6-2-3-7-15;;/h12-13H,2-11,14H2,1H3;2*1H. The lowest BCUT2D eigenvalue weighted by atomic mass is 9.96. The van der Waals surface area contributed by atoms with Crippen molar-refractivity contribution in [1.82, 2.24) is 9.80 Å². The maximum absolute atomic E-state index is 5.84. The monoisotopic (exact) mass is 297 g/mol. The van der Waals surface area contributed by atoms with E-state index in [1.165, 1.54) is 58.4 Å². The Kier molecular flexibility index (Phi) is 9.62. The third-order valence-electron chi connectivity index (χ3n) is 3.97. The van der Waals surface area contributed by atoms with E-state index in [2.05, 4.69) is 16.7 Å². The first-order valence-corrected chi connectivity index (χ1v) is 6.94. The van der Waals surface area contributed by atoms with E-state index < -0.39 is 0 Å². The van der Waals surface area contributed by atoms with E-state index in [-0.39, 0.29) is 24.8 Å². The lowest BCUT2D eigenvalue weighted by molar-refractivity contribution is 0.150. The normalized spacial score (nSPS) is 24.3. The van der Waals surface area contributed by atoms with Crippen LogP contribution in [0.25, 0.3) is 0 Å². The van der Waals surface area contributed by atoms with Gasteiger partial charge in [-0.15, -0.1) is 24.8 Å². The minimum absolute atomic E-state index is 0. The summed E-state index contributed by atoms with van der Waals surface area (Å²) in [4.78, 5) is 5.19. The van der Waals surface area contributed by atoms with Crippen molar-refractivity contribution >= 4 is 24.8 Å². The van der Waals surface area contributed by atoms with E-state index in [0.29, 0.717) is 6.04 Å². The largest absolute Gasteiger partial charge is 0.327 e. The molecule has 110 valence electrons. The number of halogens is 2. The van der Waals surface area contributed by atoms with E-state index in [1.54, 1.807) is 0 Å². The Hall–Kier alpha value is 0.460. The highest BCUT2D eigenvalue weighted by atomic mass is 35.5. The fourth-order valence-corrected chi connectivity index (χ4v) is 3.09. The van der Waals surface area contributed by atoms with Crippen molar-refractivity contribution < 1.29 is 0 Å². The highest BCUT2D eigenvalue weighted by Gasteiger charge is 2.22. The van der Waals surface area contributed by atoms with E-state index >= 15 is 0 Å². The number of nitrogens with two attached hydrogens (primary N) is 1. The molecule has 2 fully saturated rings. The maximum Gasteiger partial charge on any atom is 0.0139 e. The van der Waals surface area contributed by atoms with Gasteiger partial charge >= 0.3 is 0 Å². The van der Waals surface area contributed by atoms with Crippen molar-refractivity contribution in [3.63, 3.8) is 0 Å².